The van der Waals surface area contributed by atoms with E-state index in [1.807, 2.05) is 0 Å². The molecule has 0 aliphatic carbocycles. The van der Waals surface area contributed by atoms with Crippen LogP contribution in [0.3, 0.4) is 0 Å². The van der Waals surface area contributed by atoms with E-state index in [-0.39, 0.29) is 34.6 Å². The number of hydrogen-bond donors (Lipinski definition) is 1. The van der Waals surface area contributed by atoms with Gasteiger partial charge >= 0.3 is 0 Å². The highest BCUT2D eigenvalue weighted by molar-refractivity contribution is 7.91. The van der Waals surface area contributed by atoms with E-state index in [4.69, 9.17) is 4.74 Å². The van der Waals surface area contributed by atoms with Crippen molar-refractivity contribution in [3.8, 4) is 5.75 Å². The highest BCUT2D eigenvalue weighted by atomic mass is 32.2. The van der Waals surface area contributed by atoms with Gasteiger partial charge in [-0.2, -0.15) is 0 Å². The van der Waals surface area contributed by atoms with Crippen molar-refractivity contribution >= 4 is 27.3 Å². The van der Waals surface area contributed by atoms with Crippen LogP contribution in [0.15, 0.2) is 54.1 Å². The third-order valence-corrected chi connectivity index (χ3v) is 7.42. The molecule has 2 aliphatic heterocycles. The van der Waals surface area contributed by atoms with Crippen LogP contribution in [-0.4, -0.2) is 54.3 Å². The maximum absolute atomic E-state index is 14.1. The number of nitrogens with zero attached hydrogens (tertiary/aromatic N) is 1. The minimum absolute atomic E-state index is 0.104. The van der Waals surface area contributed by atoms with Crippen molar-refractivity contribution in [3.05, 3.63) is 71.0 Å². The van der Waals surface area contributed by atoms with Crippen LogP contribution in [0.1, 0.15) is 30.5 Å². The van der Waals surface area contributed by atoms with Gasteiger partial charge in [-0.05, 0) is 43.2 Å². The molecule has 0 saturated carbocycles. The Hall–Kier alpha value is -3.20. The summed E-state index contributed by atoms with van der Waals surface area (Å²) in [5.74, 6) is -2.78. The quantitative estimate of drug-likeness (QED) is 0.419. The zero-order chi connectivity index (χ0) is 23.0. The summed E-state index contributed by atoms with van der Waals surface area (Å²) >= 11 is 0. The summed E-state index contributed by atoms with van der Waals surface area (Å²) < 4.78 is 43.6. The largest absolute Gasteiger partial charge is 0.507 e. The predicted octanol–water partition coefficient (Wildman–Crippen LogP) is 2.83. The molecule has 2 aromatic carbocycles. The fraction of sp³-hybridized carbons (Fsp3) is 0.304. The van der Waals surface area contributed by atoms with Gasteiger partial charge in [0.15, 0.2) is 9.84 Å². The van der Waals surface area contributed by atoms with Crippen LogP contribution in [0.4, 0.5) is 4.39 Å². The van der Waals surface area contributed by atoms with Crippen molar-refractivity contribution < 1.29 is 32.2 Å². The molecule has 0 radical (unpaired) electrons. The average Bonchev–Trinajstić information content (AvgIpc) is 3.24. The molecule has 7 nitrogen and oxygen atoms in total. The molecule has 0 spiro atoms. The van der Waals surface area contributed by atoms with Gasteiger partial charge in [0.25, 0.3) is 11.7 Å². The summed E-state index contributed by atoms with van der Waals surface area (Å²) in [6.07, 6.45) is 0.168. The van der Waals surface area contributed by atoms with Gasteiger partial charge in [0.05, 0.1) is 29.7 Å². The first-order valence-electron chi connectivity index (χ1n) is 10.2. The summed E-state index contributed by atoms with van der Waals surface area (Å²) in [5, 5.41) is 11.1. The van der Waals surface area contributed by atoms with E-state index < -0.39 is 45.2 Å². The topological polar surface area (TPSA) is 101 Å². The molecule has 1 N–H and O–H groups in total. The molecule has 2 fully saturated rings. The molecular weight excluding hydrogens is 437 g/mol. The Morgan fingerprint density at radius 3 is 2.59 bits per heavy atom. The fourth-order valence-electron chi connectivity index (χ4n) is 4.28. The zero-order valence-electron chi connectivity index (χ0n) is 17.3. The Morgan fingerprint density at radius 1 is 1.19 bits per heavy atom. The van der Waals surface area contributed by atoms with Crippen molar-refractivity contribution in [1.29, 1.82) is 0 Å². The van der Waals surface area contributed by atoms with Gasteiger partial charge in [-0.15, -0.1) is 0 Å². The van der Waals surface area contributed by atoms with Crippen LogP contribution in [0.5, 0.6) is 5.75 Å². The average molecular weight is 459 g/mol. The Morgan fingerprint density at radius 2 is 1.94 bits per heavy atom. The molecule has 1 amide bonds. The Kier molecular flexibility index (Phi) is 5.77. The normalized spacial score (nSPS) is 24.1. The summed E-state index contributed by atoms with van der Waals surface area (Å²) in [6, 6.07) is 9.94. The van der Waals surface area contributed by atoms with Crippen LogP contribution in [0.25, 0.3) is 5.76 Å². The van der Waals surface area contributed by atoms with E-state index in [2.05, 4.69) is 0 Å². The monoisotopic (exact) mass is 459 g/mol. The second-order valence-electron chi connectivity index (χ2n) is 7.78. The van der Waals surface area contributed by atoms with Gasteiger partial charge < -0.3 is 14.7 Å². The summed E-state index contributed by atoms with van der Waals surface area (Å²) in [4.78, 5) is 27.2. The third kappa shape index (κ3) is 4.00. The van der Waals surface area contributed by atoms with Crippen LogP contribution >= 0.6 is 0 Å². The third-order valence-electron chi connectivity index (χ3n) is 5.66. The van der Waals surface area contributed by atoms with Crippen molar-refractivity contribution in [2.24, 2.45) is 0 Å². The molecule has 0 bridgehead atoms. The van der Waals surface area contributed by atoms with E-state index >= 15 is 0 Å². The maximum Gasteiger partial charge on any atom is 0.295 e. The van der Waals surface area contributed by atoms with Gasteiger partial charge in [-0.1, -0.05) is 24.3 Å². The molecule has 2 atom stereocenters. The smallest absolute Gasteiger partial charge is 0.295 e. The first-order valence-corrected chi connectivity index (χ1v) is 12.0. The van der Waals surface area contributed by atoms with Gasteiger partial charge in [-0.25, -0.2) is 12.8 Å². The number of rotatable bonds is 5. The lowest BCUT2D eigenvalue weighted by Gasteiger charge is -2.30. The van der Waals surface area contributed by atoms with E-state index in [0.717, 1.165) is 0 Å². The molecule has 2 aromatic rings. The van der Waals surface area contributed by atoms with E-state index in [9.17, 15) is 27.5 Å². The first kappa shape index (κ1) is 22.0. The molecule has 9 heteroatoms. The number of ether oxygens (including phenoxy) is 1. The molecular formula is C23H22FNO6S. The van der Waals surface area contributed by atoms with Crippen molar-refractivity contribution in [2.45, 2.75) is 25.4 Å². The highest BCUT2D eigenvalue weighted by Gasteiger charge is 2.51. The van der Waals surface area contributed by atoms with Crippen LogP contribution in [0, 0.1) is 5.82 Å². The Bertz CT molecular complexity index is 1220. The number of benzene rings is 2. The number of sulfone groups is 1. The predicted molar refractivity (Wildman–Crippen MR) is 115 cm³/mol. The minimum atomic E-state index is -3.36. The number of likely N-dealkylation sites (tertiary alicyclic amines) is 1. The number of hydrogen-bond acceptors (Lipinski definition) is 6. The number of amides is 1. The number of carbonyl (C=O) groups excluding carboxylic acids is 2. The van der Waals surface area contributed by atoms with Gasteiger partial charge in [0, 0.05) is 11.6 Å². The lowest BCUT2D eigenvalue weighted by molar-refractivity contribution is -0.141. The molecule has 32 heavy (non-hydrogen) atoms. The fourth-order valence-corrected chi connectivity index (χ4v) is 5.99. The van der Waals surface area contributed by atoms with Crippen molar-refractivity contribution in [1.82, 2.24) is 4.90 Å². The van der Waals surface area contributed by atoms with Crippen molar-refractivity contribution in [3.63, 3.8) is 0 Å². The summed E-state index contributed by atoms with van der Waals surface area (Å²) in [5.41, 5.74) is 0.323. The molecule has 0 unspecified atom stereocenters. The molecule has 2 heterocycles. The number of carbonyl (C=O) groups is 2. The molecule has 168 valence electrons. The van der Waals surface area contributed by atoms with Crippen LogP contribution in [-0.2, 0) is 19.4 Å². The second-order valence-corrected chi connectivity index (χ2v) is 10.0. The lowest BCUT2D eigenvalue weighted by Crippen LogP contribution is -2.40. The van der Waals surface area contributed by atoms with Crippen LogP contribution in [0.2, 0.25) is 0 Å². The van der Waals surface area contributed by atoms with Crippen molar-refractivity contribution in [2.75, 3.05) is 18.1 Å². The van der Waals surface area contributed by atoms with E-state index in [0.29, 0.717) is 12.4 Å². The van der Waals surface area contributed by atoms with Gasteiger partial charge in [0.1, 0.15) is 17.3 Å². The lowest BCUT2D eigenvalue weighted by atomic mass is 9.94. The number of aliphatic hydroxyl groups is 1. The maximum atomic E-state index is 14.1. The Balaban J connectivity index is 1.88. The highest BCUT2D eigenvalue weighted by Crippen LogP contribution is 2.42. The minimum Gasteiger partial charge on any atom is -0.507 e. The number of Topliss-reactive ketones (excluding diaryl/α,β-unsaturated/α-hetero) is 1. The van der Waals surface area contributed by atoms with E-state index in [1.54, 1.807) is 31.2 Å². The Labute approximate surface area is 185 Å². The molecule has 0 aromatic heterocycles. The standard InChI is InChI=1S/C23H22FNO6S/c1-2-31-18-8-4-6-15(12-18)21(26)19-20(14-5-3-7-16(24)11-14)25(23(28)22(19)27)17-9-10-32(29,30)13-17/h3-8,11-12,17,20,26H,2,9-10,13H2,1H3/t17-,20-/m0/s1. The number of halogens is 1. The van der Waals surface area contributed by atoms with Gasteiger partial charge in [0.2, 0.25) is 0 Å². The number of ketones is 1. The summed E-state index contributed by atoms with van der Waals surface area (Å²) in [7, 11) is -3.36. The van der Waals surface area contributed by atoms with E-state index in [1.165, 1.54) is 29.2 Å². The SMILES string of the molecule is CCOc1cccc(C(O)=C2C(=O)C(=O)N([C@H]3CCS(=O)(=O)C3)[C@H]2c2cccc(F)c2)c1. The second kappa shape index (κ2) is 8.38. The molecule has 2 aliphatic rings. The molecule has 4 rings (SSSR count). The first-order chi connectivity index (χ1) is 15.2. The number of aliphatic hydroxyl groups excluding tert-OH is 1. The molecule has 2 saturated heterocycles. The summed E-state index contributed by atoms with van der Waals surface area (Å²) in [6.45, 7) is 2.20. The van der Waals surface area contributed by atoms with Crippen LogP contribution < -0.4 is 4.74 Å². The van der Waals surface area contributed by atoms with Gasteiger partial charge in [-0.3, -0.25) is 9.59 Å². The zero-order valence-corrected chi connectivity index (χ0v) is 18.1.